The van der Waals surface area contributed by atoms with Crippen LogP contribution < -0.4 is 10.1 Å². The van der Waals surface area contributed by atoms with Crippen molar-refractivity contribution in [3.05, 3.63) is 15.8 Å². The number of alkyl halides is 2. The summed E-state index contributed by atoms with van der Waals surface area (Å²) >= 11 is 0.979. The van der Waals surface area contributed by atoms with E-state index in [0.717, 1.165) is 17.8 Å². The van der Waals surface area contributed by atoms with Gasteiger partial charge in [-0.25, -0.2) is 4.79 Å². The van der Waals surface area contributed by atoms with Crippen molar-refractivity contribution in [1.82, 2.24) is 5.32 Å². The maximum Gasteiger partial charge on any atom is 0.387 e. The molecular formula is C13H17F2NO4S. The lowest BCUT2D eigenvalue weighted by molar-refractivity contribution is -0.139. The van der Waals surface area contributed by atoms with Gasteiger partial charge < -0.3 is 15.2 Å². The third-order valence-corrected chi connectivity index (χ3v) is 3.72. The van der Waals surface area contributed by atoms with Gasteiger partial charge >= 0.3 is 12.6 Å². The van der Waals surface area contributed by atoms with Gasteiger partial charge in [0.25, 0.3) is 5.91 Å². The van der Waals surface area contributed by atoms with Crippen LogP contribution in [0.15, 0.2) is 6.07 Å². The summed E-state index contributed by atoms with van der Waals surface area (Å²) in [5, 5.41) is 11.4. The number of hydrogen-bond donors (Lipinski definition) is 2. The second-order valence-corrected chi connectivity index (χ2v) is 5.69. The molecule has 1 heterocycles. The minimum Gasteiger partial charge on any atom is -0.480 e. The van der Waals surface area contributed by atoms with Gasteiger partial charge in [0.05, 0.1) is 0 Å². The zero-order chi connectivity index (χ0) is 16.0. The summed E-state index contributed by atoms with van der Waals surface area (Å²) in [5.74, 6) is -2.10. The quantitative estimate of drug-likeness (QED) is 0.771. The van der Waals surface area contributed by atoms with E-state index in [4.69, 9.17) is 5.11 Å². The largest absolute Gasteiger partial charge is 0.480 e. The van der Waals surface area contributed by atoms with Gasteiger partial charge in [0.2, 0.25) is 0 Å². The van der Waals surface area contributed by atoms with E-state index < -0.39 is 24.5 Å². The van der Waals surface area contributed by atoms with Gasteiger partial charge in [0.15, 0.2) is 0 Å². The van der Waals surface area contributed by atoms with Crippen LogP contribution in [0.2, 0.25) is 0 Å². The highest BCUT2D eigenvalue weighted by Gasteiger charge is 2.24. The van der Waals surface area contributed by atoms with Crippen molar-refractivity contribution < 1.29 is 28.2 Å². The smallest absolute Gasteiger partial charge is 0.387 e. The predicted octanol–water partition coefficient (Wildman–Crippen LogP) is 3.03. The van der Waals surface area contributed by atoms with Crippen LogP contribution >= 0.6 is 11.3 Å². The monoisotopic (exact) mass is 321 g/mol. The zero-order valence-electron chi connectivity index (χ0n) is 11.7. The molecule has 1 atom stereocenters. The Kier molecular flexibility index (Phi) is 6.54. The van der Waals surface area contributed by atoms with Crippen molar-refractivity contribution >= 4 is 23.2 Å². The molecule has 0 bridgehead atoms. The summed E-state index contributed by atoms with van der Waals surface area (Å²) < 4.78 is 28.9. The highest BCUT2D eigenvalue weighted by molar-refractivity contribution is 7.14. The van der Waals surface area contributed by atoms with Crippen molar-refractivity contribution in [2.75, 3.05) is 0 Å². The average molecular weight is 321 g/mol. The number of aliphatic carboxylic acids is 1. The molecule has 1 amide bonds. The van der Waals surface area contributed by atoms with Gasteiger partial charge in [-0.05, 0) is 19.4 Å². The molecular weight excluding hydrogens is 304 g/mol. The Labute approximate surface area is 124 Å². The predicted molar refractivity (Wildman–Crippen MR) is 74.1 cm³/mol. The Morgan fingerprint density at radius 3 is 2.67 bits per heavy atom. The summed E-state index contributed by atoms with van der Waals surface area (Å²) in [6, 6.07) is 0.285. The molecule has 0 saturated carbocycles. The lowest BCUT2D eigenvalue weighted by Gasteiger charge is -2.14. The number of carbonyl (C=O) groups is 2. The number of carboxylic acid groups (broad SMARTS) is 1. The third kappa shape index (κ3) is 5.30. The molecule has 0 spiro atoms. The molecule has 0 aromatic carbocycles. The van der Waals surface area contributed by atoms with E-state index in [9.17, 15) is 18.4 Å². The maximum absolute atomic E-state index is 12.3. The van der Waals surface area contributed by atoms with Crippen LogP contribution in [0.5, 0.6) is 5.75 Å². The summed E-state index contributed by atoms with van der Waals surface area (Å²) in [6.45, 7) is 0.504. The van der Waals surface area contributed by atoms with E-state index in [1.165, 1.54) is 6.07 Å². The minimum absolute atomic E-state index is 0.0458. The number of ether oxygens (including phenoxy) is 1. The standard InChI is InChI=1S/C13H17F2NO4S/c1-3-4-5-8(12(18)19)16-11(17)10-9(20-13(14)15)6-7(2)21-10/h6,8,13H,3-5H2,1-2H3,(H,16,17)(H,18,19). The Bertz CT molecular complexity index is 504. The normalized spacial score (nSPS) is 12.2. The second-order valence-electron chi connectivity index (χ2n) is 4.44. The highest BCUT2D eigenvalue weighted by atomic mass is 32.1. The first kappa shape index (κ1) is 17.4. The Morgan fingerprint density at radius 2 is 2.14 bits per heavy atom. The number of halogens is 2. The lowest BCUT2D eigenvalue weighted by Crippen LogP contribution is -2.40. The van der Waals surface area contributed by atoms with Crippen LogP contribution in [0.1, 0.15) is 40.7 Å². The minimum atomic E-state index is -3.04. The van der Waals surface area contributed by atoms with E-state index >= 15 is 0 Å². The van der Waals surface area contributed by atoms with Gasteiger partial charge in [-0.2, -0.15) is 8.78 Å². The number of carbonyl (C=O) groups excluding carboxylic acids is 1. The van der Waals surface area contributed by atoms with E-state index in [1.54, 1.807) is 6.92 Å². The molecule has 1 aromatic heterocycles. The molecule has 0 saturated heterocycles. The van der Waals surface area contributed by atoms with Crippen molar-refractivity contribution in [1.29, 1.82) is 0 Å². The number of amides is 1. The molecule has 0 aliphatic rings. The number of thiophene rings is 1. The number of hydrogen-bond acceptors (Lipinski definition) is 4. The summed E-state index contributed by atoms with van der Waals surface area (Å²) in [4.78, 5) is 23.7. The van der Waals surface area contributed by atoms with Crippen LogP contribution in [0.4, 0.5) is 8.78 Å². The van der Waals surface area contributed by atoms with Gasteiger partial charge in [-0.3, -0.25) is 4.79 Å². The molecule has 21 heavy (non-hydrogen) atoms. The fourth-order valence-corrected chi connectivity index (χ4v) is 2.57. The lowest BCUT2D eigenvalue weighted by atomic mass is 10.1. The molecule has 0 fully saturated rings. The molecule has 5 nitrogen and oxygen atoms in total. The Balaban J connectivity index is 2.84. The van der Waals surface area contributed by atoms with E-state index in [-0.39, 0.29) is 17.0 Å². The van der Waals surface area contributed by atoms with Crippen molar-refractivity contribution in [2.45, 2.75) is 45.8 Å². The molecule has 118 valence electrons. The third-order valence-electron chi connectivity index (χ3n) is 2.69. The molecule has 0 aliphatic carbocycles. The molecule has 2 N–H and O–H groups in total. The first-order valence-corrected chi connectivity index (χ1v) is 7.25. The van der Waals surface area contributed by atoms with Crippen molar-refractivity contribution in [3.63, 3.8) is 0 Å². The number of rotatable bonds is 8. The summed E-state index contributed by atoms with van der Waals surface area (Å²) in [5.41, 5.74) is 0. The van der Waals surface area contributed by atoms with Crippen LogP contribution in [0, 0.1) is 6.92 Å². The molecule has 0 aliphatic heterocycles. The fraction of sp³-hybridized carbons (Fsp3) is 0.538. The van der Waals surface area contributed by atoms with Crippen molar-refractivity contribution in [3.8, 4) is 5.75 Å². The summed E-state index contributed by atoms with van der Waals surface area (Å²) in [6.07, 6.45) is 1.71. The van der Waals surface area contributed by atoms with Crippen LogP contribution in [-0.2, 0) is 4.79 Å². The number of carboxylic acids is 1. The fourth-order valence-electron chi connectivity index (χ4n) is 1.72. The van der Waals surface area contributed by atoms with E-state index in [0.29, 0.717) is 11.3 Å². The molecule has 0 radical (unpaired) electrons. The molecule has 1 rings (SSSR count). The van der Waals surface area contributed by atoms with Crippen LogP contribution in [0.3, 0.4) is 0 Å². The van der Waals surface area contributed by atoms with Crippen molar-refractivity contribution in [2.24, 2.45) is 0 Å². The van der Waals surface area contributed by atoms with Crippen LogP contribution in [0.25, 0.3) is 0 Å². The molecule has 1 unspecified atom stereocenters. The average Bonchev–Trinajstić information content (AvgIpc) is 2.73. The van der Waals surface area contributed by atoms with Gasteiger partial charge in [0, 0.05) is 4.88 Å². The van der Waals surface area contributed by atoms with Crippen LogP contribution in [-0.4, -0.2) is 29.6 Å². The highest BCUT2D eigenvalue weighted by Crippen LogP contribution is 2.30. The number of unbranched alkanes of at least 4 members (excludes halogenated alkanes) is 1. The topological polar surface area (TPSA) is 75.6 Å². The number of nitrogens with one attached hydrogen (secondary N) is 1. The Morgan fingerprint density at radius 1 is 1.48 bits per heavy atom. The SMILES string of the molecule is CCCCC(NC(=O)c1sc(C)cc1OC(F)F)C(=O)O. The summed E-state index contributed by atoms with van der Waals surface area (Å²) in [7, 11) is 0. The second kappa shape index (κ2) is 7.92. The molecule has 8 heteroatoms. The molecule has 1 aromatic rings. The first-order chi connectivity index (χ1) is 9.85. The maximum atomic E-state index is 12.3. The first-order valence-electron chi connectivity index (χ1n) is 6.44. The Hall–Kier alpha value is -1.70. The van der Waals surface area contributed by atoms with Gasteiger partial charge in [-0.15, -0.1) is 11.3 Å². The van der Waals surface area contributed by atoms with Gasteiger partial charge in [0.1, 0.15) is 16.7 Å². The van der Waals surface area contributed by atoms with E-state index in [2.05, 4.69) is 10.1 Å². The zero-order valence-corrected chi connectivity index (χ0v) is 12.5. The number of aryl methyl sites for hydroxylation is 1. The van der Waals surface area contributed by atoms with E-state index in [1.807, 2.05) is 6.92 Å². The van der Waals surface area contributed by atoms with Gasteiger partial charge in [-0.1, -0.05) is 19.8 Å².